The minimum atomic E-state index is -4.79. The van der Waals surface area contributed by atoms with Crippen LogP contribution in [0.4, 0.5) is 19.1 Å². The van der Waals surface area contributed by atoms with Crippen molar-refractivity contribution in [1.29, 1.82) is 0 Å². The van der Waals surface area contributed by atoms with Gasteiger partial charge >= 0.3 is 12.1 Å². The molecule has 1 aliphatic heterocycles. The van der Waals surface area contributed by atoms with Crippen molar-refractivity contribution in [3.05, 3.63) is 18.5 Å². The Morgan fingerprint density at radius 3 is 2.44 bits per heavy atom. The third-order valence-corrected chi connectivity index (χ3v) is 3.06. The molecule has 1 N–H and O–H groups in total. The molecule has 0 spiro atoms. The molecule has 0 aromatic carbocycles. The molecule has 8 heteroatoms. The molecule has 1 saturated heterocycles. The number of carboxylic acid groups (broad SMARTS) is 1. The van der Waals surface area contributed by atoms with Crippen LogP contribution in [0.2, 0.25) is 0 Å². The van der Waals surface area contributed by atoms with Crippen LogP contribution in [-0.4, -0.2) is 40.3 Å². The Morgan fingerprint density at radius 2 is 2.00 bits per heavy atom. The number of nitrogens with zero attached hydrogens (tertiary/aromatic N) is 3. The standard InChI is InChI=1S/C10H10F3N3O2/c11-10(12,13)9(7(17)18)2-5-16(6-9)8-14-3-1-4-15-8/h1,3-4H,2,5-6H2,(H,17,18). The van der Waals surface area contributed by atoms with E-state index in [-0.39, 0.29) is 12.5 Å². The van der Waals surface area contributed by atoms with Gasteiger partial charge in [-0.25, -0.2) is 9.97 Å². The Hall–Kier alpha value is -1.86. The quantitative estimate of drug-likeness (QED) is 0.869. The molecular formula is C10H10F3N3O2. The summed E-state index contributed by atoms with van der Waals surface area (Å²) in [6, 6.07) is 1.54. The second kappa shape index (κ2) is 4.11. The fourth-order valence-corrected chi connectivity index (χ4v) is 1.96. The highest BCUT2D eigenvalue weighted by Gasteiger charge is 2.64. The van der Waals surface area contributed by atoms with Crippen LogP contribution in [0.5, 0.6) is 0 Å². The van der Waals surface area contributed by atoms with Gasteiger partial charge in [0, 0.05) is 25.5 Å². The second-order valence-electron chi connectivity index (χ2n) is 4.11. The van der Waals surface area contributed by atoms with E-state index < -0.39 is 30.5 Å². The van der Waals surface area contributed by atoms with E-state index >= 15 is 0 Å². The maximum Gasteiger partial charge on any atom is 0.406 e. The lowest BCUT2D eigenvalue weighted by Crippen LogP contribution is -2.47. The molecule has 18 heavy (non-hydrogen) atoms. The van der Waals surface area contributed by atoms with Gasteiger partial charge in [0.2, 0.25) is 5.95 Å². The third-order valence-electron chi connectivity index (χ3n) is 3.06. The summed E-state index contributed by atoms with van der Waals surface area (Å²) in [5, 5.41) is 8.88. The van der Waals surface area contributed by atoms with Crippen molar-refractivity contribution >= 4 is 11.9 Å². The summed E-state index contributed by atoms with van der Waals surface area (Å²) in [6.45, 7) is -0.689. The molecule has 5 nitrogen and oxygen atoms in total. The van der Waals surface area contributed by atoms with E-state index in [2.05, 4.69) is 9.97 Å². The average molecular weight is 261 g/mol. The van der Waals surface area contributed by atoms with Gasteiger partial charge in [-0.1, -0.05) is 0 Å². The molecule has 1 aromatic rings. The van der Waals surface area contributed by atoms with Crippen LogP contribution < -0.4 is 4.90 Å². The Labute approximate surface area is 100 Å². The Morgan fingerprint density at radius 1 is 1.39 bits per heavy atom. The van der Waals surface area contributed by atoms with Gasteiger partial charge in [0.25, 0.3) is 0 Å². The number of carboxylic acids is 1. The number of aromatic nitrogens is 2. The average Bonchev–Trinajstić information content (AvgIpc) is 2.75. The molecule has 0 aliphatic carbocycles. The predicted molar refractivity (Wildman–Crippen MR) is 55.0 cm³/mol. The van der Waals surface area contributed by atoms with Crippen LogP contribution >= 0.6 is 0 Å². The largest absolute Gasteiger partial charge is 0.481 e. The summed E-state index contributed by atoms with van der Waals surface area (Å²) in [5.41, 5.74) is -2.73. The van der Waals surface area contributed by atoms with Crippen LogP contribution in [0.15, 0.2) is 18.5 Å². The monoisotopic (exact) mass is 261 g/mol. The van der Waals surface area contributed by atoms with Crippen molar-refractivity contribution in [2.45, 2.75) is 12.6 Å². The first-order valence-corrected chi connectivity index (χ1v) is 5.19. The molecule has 98 valence electrons. The Bertz CT molecular complexity index is 451. The molecule has 1 aromatic heterocycles. The van der Waals surface area contributed by atoms with Gasteiger partial charge in [0.15, 0.2) is 5.41 Å². The van der Waals surface area contributed by atoms with Gasteiger partial charge in [-0.05, 0) is 12.5 Å². The SMILES string of the molecule is O=C(O)C1(C(F)(F)F)CCN(c2ncccn2)C1. The van der Waals surface area contributed by atoms with Crippen molar-refractivity contribution in [3.63, 3.8) is 0 Å². The van der Waals surface area contributed by atoms with Crippen LogP contribution in [0.1, 0.15) is 6.42 Å². The van der Waals surface area contributed by atoms with E-state index in [0.717, 1.165) is 0 Å². The van der Waals surface area contributed by atoms with Crippen molar-refractivity contribution in [3.8, 4) is 0 Å². The number of halogens is 3. The zero-order chi connectivity index (χ0) is 13.4. The molecule has 1 fully saturated rings. The lowest BCUT2D eigenvalue weighted by Gasteiger charge is -2.27. The minimum absolute atomic E-state index is 0.0319. The first-order valence-electron chi connectivity index (χ1n) is 5.19. The minimum Gasteiger partial charge on any atom is -0.481 e. The summed E-state index contributed by atoms with van der Waals surface area (Å²) < 4.78 is 38.7. The van der Waals surface area contributed by atoms with Crippen LogP contribution in [0.25, 0.3) is 0 Å². The summed E-state index contributed by atoms with van der Waals surface area (Å²) in [7, 11) is 0. The first kappa shape index (κ1) is 12.6. The summed E-state index contributed by atoms with van der Waals surface area (Å²) in [5.74, 6) is -1.74. The van der Waals surface area contributed by atoms with Crippen molar-refractivity contribution < 1.29 is 23.1 Å². The number of carbonyl (C=O) groups is 1. The topological polar surface area (TPSA) is 66.3 Å². The molecule has 0 amide bonds. The van der Waals surface area contributed by atoms with Crippen LogP contribution in [0, 0.1) is 5.41 Å². The fourth-order valence-electron chi connectivity index (χ4n) is 1.96. The summed E-state index contributed by atoms with van der Waals surface area (Å²) in [4.78, 5) is 19.8. The second-order valence-corrected chi connectivity index (χ2v) is 4.11. The van der Waals surface area contributed by atoms with E-state index in [1.807, 2.05) is 0 Å². The zero-order valence-electron chi connectivity index (χ0n) is 9.18. The fraction of sp³-hybridized carbons (Fsp3) is 0.500. The molecular weight excluding hydrogens is 251 g/mol. The number of aliphatic carboxylic acids is 1. The molecule has 1 aliphatic rings. The highest BCUT2D eigenvalue weighted by Crippen LogP contribution is 2.46. The van der Waals surface area contributed by atoms with Gasteiger partial charge in [-0.15, -0.1) is 0 Å². The number of hydrogen-bond donors (Lipinski definition) is 1. The maximum absolute atomic E-state index is 12.9. The van der Waals surface area contributed by atoms with Gasteiger partial charge in [0.1, 0.15) is 0 Å². The van der Waals surface area contributed by atoms with Crippen LogP contribution in [0.3, 0.4) is 0 Å². The van der Waals surface area contributed by atoms with E-state index in [9.17, 15) is 18.0 Å². The molecule has 1 atom stereocenters. The highest BCUT2D eigenvalue weighted by molar-refractivity contribution is 5.77. The zero-order valence-corrected chi connectivity index (χ0v) is 9.18. The van der Waals surface area contributed by atoms with Crippen molar-refractivity contribution in [2.24, 2.45) is 5.41 Å². The van der Waals surface area contributed by atoms with E-state index in [1.165, 1.54) is 23.4 Å². The van der Waals surface area contributed by atoms with E-state index in [0.29, 0.717) is 0 Å². The molecule has 0 radical (unpaired) electrons. The molecule has 1 unspecified atom stereocenters. The molecule has 0 bridgehead atoms. The molecule has 2 rings (SSSR count). The Balaban J connectivity index is 2.28. The lowest BCUT2D eigenvalue weighted by molar-refractivity contribution is -0.225. The van der Waals surface area contributed by atoms with E-state index in [4.69, 9.17) is 5.11 Å². The van der Waals surface area contributed by atoms with Crippen LogP contribution in [-0.2, 0) is 4.79 Å². The number of rotatable bonds is 2. The highest BCUT2D eigenvalue weighted by atomic mass is 19.4. The first-order chi connectivity index (χ1) is 8.37. The van der Waals surface area contributed by atoms with Crippen molar-refractivity contribution in [1.82, 2.24) is 9.97 Å². The molecule has 0 saturated carbocycles. The predicted octanol–water partition coefficient (Wildman–Crippen LogP) is 1.32. The Kier molecular flexibility index (Phi) is 2.88. The number of alkyl halides is 3. The van der Waals surface area contributed by atoms with Gasteiger partial charge < -0.3 is 10.0 Å². The van der Waals surface area contributed by atoms with Gasteiger partial charge in [-0.2, -0.15) is 13.2 Å². The summed E-state index contributed by atoms with van der Waals surface area (Å²) in [6.07, 6.45) is -2.49. The molecule has 2 heterocycles. The van der Waals surface area contributed by atoms with E-state index in [1.54, 1.807) is 0 Å². The lowest BCUT2D eigenvalue weighted by atomic mass is 9.86. The normalized spacial score (nSPS) is 24.3. The van der Waals surface area contributed by atoms with Crippen molar-refractivity contribution in [2.75, 3.05) is 18.0 Å². The third kappa shape index (κ3) is 1.87. The summed E-state index contributed by atoms with van der Waals surface area (Å²) >= 11 is 0. The van der Waals surface area contributed by atoms with Gasteiger partial charge in [0.05, 0.1) is 0 Å². The number of anilines is 1. The van der Waals surface area contributed by atoms with Gasteiger partial charge in [-0.3, -0.25) is 4.79 Å². The smallest absolute Gasteiger partial charge is 0.406 e. The maximum atomic E-state index is 12.9. The number of hydrogen-bond acceptors (Lipinski definition) is 4.